The zero-order valence-electron chi connectivity index (χ0n) is 17.9. The number of hydrogen-bond donors (Lipinski definition) is 1. The van der Waals surface area contributed by atoms with Gasteiger partial charge < -0.3 is 10.1 Å². The number of nitrogens with zero attached hydrogens (tertiary/aromatic N) is 1. The van der Waals surface area contributed by atoms with Crippen LogP contribution in [-0.2, 0) is 20.2 Å². The lowest BCUT2D eigenvalue weighted by atomic mass is 9.86. The molecule has 2 aromatic rings. The fourth-order valence-corrected chi connectivity index (χ4v) is 3.78. The van der Waals surface area contributed by atoms with Gasteiger partial charge in [-0.3, -0.25) is 9.10 Å². The highest BCUT2D eigenvalue weighted by atomic mass is 32.2. The van der Waals surface area contributed by atoms with E-state index in [1.54, 1.807) is 24.3 Å². The average Bonchev–Trinajstić information content (AvgIpc) is 2.64. The summed E-state index contributed by atoms with van der Waals surface area (Å²) in [4.78, 5) is 12.6. The molecule has 0 aliphatic carbocycles. The molecule has 1 amide bonds. The molecule has 0 heterocycles. The van der Waals surface area contributed by atoms with Crippen molar-refractivity contribution in [3.63, 3.8) is 0 Å². The number of nitrogens with one attached hydrogen (secondary N) is 1. The molecule has 1 N–H and O–H groups in total. The van der Waals surface area contributed by atoms with Crippen LogP contribution in [-0.4, -0.2) is 34.2 Å². The summed E-state index contributed by atoms with van der Waals surface area (Å²) in [5.74, 6) is 0.234. The van der Waals surface area contributed by atoms with Gasteiger partial charge in [0.25, 0.3) is 0 Å². The fraction of sp³-hybridized carbons (Fsp3) is 0.409. The zero-order chi connectivity index (χ0) is 21.8. The lowest BCUT2D eigenvalue weighted by Gasteiger charge is -2.24. The topological polar surface area (TPSA) is 75.7 Å². The molecule has 0 fully saturated rings. The highest BCUT2D eigenvalue weighted by molar-refractivity contribution is 7.92. The van der Waals surface area contributed by atoms with Gasteiger partial charge in [0.15, 0.2) is 0 Å². The van der Waals surface area contributed by atoms with Crippen LogP contribution in [0.5, 0.6) is 5.75 Å². The van der Waals surface area contributed by atoms with E-state index in [-0.39, 0.29) is 23.9 Å². The molecule has 0 bridgehead atoms. The molecule has 0 aromatic heterocycles. The minimum atomic E-state index is -3.62. The lowest BCUT2D eigenvalue weighted by molar-refractivity contribution is -0.120. The van der Waals surface area contributed by atoms with Gasteiger partial charge in [-0.15, -0.1) is 0 Å². The summed E-state index contributed by atoms with van der Waals surface area (Å²) in [6, 6.07) is 14.4. The standard InChI is InChI=1S/C22H30N2O4S/c1-16(17-7-9-18(10-8-17)22(2,3)4)23-21(25)15-24(29(6,26)27)19-11-13-20(28-5)14-12-19/h7-14,16H,15H2,1-6H3,(H,23,25)/t16-/m0/s1. The maximum absolute atomic E-state index is 12.6. The van der Waals surface area contributed by atoms with Gasteiger partial charge in [-0.25, -0.2) is 8.42 Å². The average molecular weight is 419 g/mol. The molecule has 0 aliphatic heterocycles. The quantitative estimate of drug-likeness (QED) is 0.745. The number of benzene rings is 2. The van der Waals surface area contributed by atoms with Crippen LogP contribution in [0.2, 0.25) is 0 Å². The van der Waals surface area contributed by atoms with Gasteiger partial charge in [0.2, 0.25) is 15.9 Å². The Bertz CT molecular complexity index is 930. The smallest absolute Gasteiger partial charge is 0.241 e. The number of ether oxygens (including phenoxy) is 1. The molecule has 2 rings (SSSR count). The first-order chi connectivity index (χ1) is 13.4. The summed E-state index contributed by atoms with van der Waals surface area (Å²) >= 11 is 0. The zero-order valence-corrected chi connectivity index (χ0v) is 18.7. The van der Waals surface area contributed by atoms with Crippen molar-refractivity contribution in [2.75, 3.05) is 24.2 Å². The van der Waals surface area contributed by atoms with E-state index < -0.39 is 10.0 Å². The molecule has 0 spiro atoms. The van der Waals surface area contributed by atoms with Crippen molar-refractivity contribution in [3.05, 3.63) is 59.7 Å². The van der Waals surface area contributed by atoms with E-state index in [1.165, 1.54) is 12.7 Å². The highest BCUT2D eigenvalue weighted by Crippen LogP contribution is 2.24. The van der Waals surface area contributed by atoms with Gasteiger partial charge in [0.1, 0.15) is 12.3 Å². The molecule has 0 unspecified atom stereocenters. The van der Waals surface area contributed by atoms with Crippen molar-refractivity contribution in [1.29, 1.82) is 0 Å². The largest absolute Gasteiger partial charge is 0.497 e. The first-order valence-corrected chi connectivity index (χ1v) is 11.3. The van der Waals surface area contributed by atoms with Crippen molar-refractivity contribution in [1.82, 2.24) is 5.32 Å². The van der Waals surface area contributed by atoms with E-state index in [0.29, 0.717) is 11.4 Å². The predicted octanol–water partition coefficient (Wildman–Crippen LogP) is 3.64. The Balaban J connectivity index is 2.11. The second-order valence-electron chi connectivity index (χ2n) is 8.13. The molecule has 0 radical (unpaired) electrons. The molecule has 0 saturated carbocycles. The maximum atomic E-state index is 12.6. The molecular weight excluding hydrogens is 388 g/mol. The minimum Gasteiger partial charge on any atom is -0.497 e. The van der Waals surface area contributed by atoms with Crippen LogP contribution >= 0.6 is 0 Å². The predicted molar refractivity (Wildman–Crippen MR) is 117 cm³/mol. The Morgan fingerprint density at radius 3 is 2.07 bits per heavy atom. The SMILES string of the molecule is COc1ccc(N(CC(=O)N[C@@H](C)c2ccc(C(C)(C)C)cc2)S(C)(=O)=O)cc1. The molecule has 1 atom stereocenters. The number of methoxy groups -OCH3 is 1. The molecule has 29 heavy (non-hydrogen) atoms. The molecule has 158 valence electrons. The number of hydrogen-bond acceptors (Lipinski definition) is 4. The number of sulfonamides is 1. The van der Waals surface area contributed by atoms with Gasteiger partial charge >= 0.3 is 0 Å². The number of amides is 1. The van der Waals surface area contributed by atoms with Crippen molar-refractivity contribution in [2.45, 2.75) is 39.2 Å². The third-order valence-corrected chi connectivity index (χ3v) is 5.84. The van der Waals surface area contributed by atoms with Crippen LogP contribution in [0.4, 0.5) is 5.69 Å². The van der Waals surface area contributed by atoms with E-state index in [9.17, 15) is 13.2 Å². The summed E-state index contributed by atoms with van der Waals surface area (Å²) in [6.07, 6.45) is 1.08. The summed E-state index contributed by atoms with van der Waals surface area (Å²) in [6.45, 7) is 8.02. The van der Waals surface area contributed by atoms with E-state index in [0.717, 1.165) is 16.1 Å². The molecule has 6 nitrogen and oxygen atoms in total. The minimum absolute atomic E-state index is 0.0549. The monoisotopic (exact) mass is 418 g/mol. The Morgan fingerprint density at radius 2 is 1.62 bits per heavy atom. The maximum Gasteiger partial charge on any atom is 0.241 e. The third kappa shape index (κ3) is 6.22. The van der Waals surface area contributed by atoms with Gasteiger partial charge in [0, 0.05) is 0 Å². The van der Waals surface area contributed by atoms with Crippen LogP contribution in [0, 0.1) is 0 Å². The van der Waals surface area contributed by atoms with Gasteiger partial charge in [0.05, 0.1) is 25.1 Å². The molecule has 2 aromatic carbocycles. The summed E-state index contributed by atoms with van der Waals surface area (Å²) in [7, 11) is -2.09. The Labute approximate surface area is 173 Å². The van der Waals surface area contributed by atoms with Crippen LogP contribution in [0.1, 0.15) is 44.9 Å². The lowest BCUT2D eigenvalue weighted by Crippen LogP contribution is -2.41. The second-order valence-corrected chi connectivity index (χ2v) is 10.0. The summed E-state index contributed by atoms with van der Waals surface area (Å²) < 4.78 is 30.6. The van der Waals surface area contributed by atoms with Gasteiger partial charge in [-0.05, 0) is 47.7 Å². The van der Waals surface area contributed by atoms with Crippen molar-refractivity contribution < 1.29 is 17.9 Å². The van der Waals surface area contributed by atoms with Crippen molar-refractivity contribution in [2.24, 2.45) is 0 Å². The second kappa shape index (κ2) is 8.86. The van der Waals surface area contributed by atoms with Crippen LogP contribution in [0.15, 0.2) is 48.5 Å². The Hall–Kier alpha value is -2.54. The Morgan fingerprint density at radius 1 is 1.07 bits per heavy atom. The van der Waals surface area contributed by atoms with E-state index in [1.807, 2.05) is 19.1 Å². The number of carbonyl (C=O) groups is 1. The molecular formula is C22H30N2O4S. The van der Waals surface area contributed by atoms with E-state index in [4.69, 9.17) is 4.74 Å². The van der Waals surface area contributed by atoms with E-state index >= 15 is 0 Å². The van der Waals surface area contributed by atoms with Gasteiger partial charge in [-0.2, -0.15) is 0 Å². The first-order valence-electron chi connectivity index (χ1n) is 9.43. The fourth-order valence-electron chi connectivity index (χ4n) is 2.92. The van der Waals surface area contributed by atoms with E-state index in [2.05, 4.69) is 38.2 Å². The normalized spacial score (nSPS) is 12.9. The Kier molecular flexibility index (Phi) is 6.95. The van der Waals surface area contributed by atoms with Gasteiger partial charge in [-0.1, -0.05) is 45.0 Å². The van der Waals surface area contributed by atoms with Crippen LogP contribution in [0.25, 0.3) is 0 Å². The number of rotatable bonds is 7. The summed E-state index contributed by atoms with van der Waals surface area (Å²) in [5, 5.41) is 2.88. The van der Waals surface area contributed by atoms with Crippen molar-refractivity contribution >= 4 is 21.6 Å². The molecule has 0 saturated heterocycles. The first kappa shape index (κ1) is 22.7. The number of carbonyl (C=O) groups excluding carboxylic acids is 1. The third-order valence-electron chi connectivity index (χ3n) is 4.70. The molecule has 7 heteroatoms. The van der Waals surface area contributed by atoms with Crippen LogP contribution in [0.3, 0.4) is 0 Å². The summed E-state index contributed by atoms with van der Waals surface area (Å²) in [5.41, 5.74) is 2.63. The van der Waals surface area contributed by atoms with Crippen LogP contribution < -0.4 is 14.4 Å². The highest BCUT2D eigenvalue weighted by Gasteiger charge is 2.22. The number of anilines is 1. The molecule has 0 aliphatic rings. The van der Waals surface area contributed by atoms with Crippen molar-refractivity contribution in [3.8, 4) is 5.75 Å².